The van der Waals surface area contributed by atoms with E-state index in [1.54, 1.807) is 0 Å². The predicted molar refractivity (Wildman–Crippen MR) is 89.7 cm³/mol. The highest BCUT2D eigenvalue weighted by atomic mass is 16.7. The monoisotopic (exact) mass is 312 g/mol. The lowest BCUT2D eigenvalue weighted by molar-refractivity contribution is 0.174. The van der Waals surface area contributed by atoms with E-state index in [2.05, 4.69) is 35.9 Å². The summed E-state index contributed by atoms with van der Waals surface area (Å²) in [5, 5.41) is 0. The summed E-state index contributed by atoms with van der Waals surface area (Å²) >= 11 is 0. The van der Waals surface area contributed by atoms with E-state index >= 15 is 0 Å². The van der Waals surface area contributed by atoms with Crippen LogP contribution in [-0.2, 0) is 6.42 Å². The molecule has 0 spiro atoms. The molecule has 0 aliphatic carbocycles. The first-order valence-corrected chi connectivity index (χ1v) is 8.41. The molecular weight excluding hydrogens is 288 g/mol. The van der Waals surface area contributed by atoms with Crippen molar-refractivity contribution in [2.24, 2.45) is 5.92 Å². The Morgan fingerprint density at radius 2 is 1.91 bits per heavy atom. The highest BCUT2D eigenvalue weighted by Gasteiger charge is 2.19. The molecule has 1 aromatic carbocycles. The van der Waals surface area contributed by atoms with Crippen molar-refractivity contribution < 1.29 is 9.47 Å². The van der Waals surface area contributed by atoms with Crippen LogP contribution >= 0.6 is 0 Å². The van der Waals surface area contributed by atoms with Gasteiger partial charge >= 0.3 is 0 Å². The van der Waals surface area contributed by atoms with Crippen molar-refractivity contribution in [2.45, 2.75) is 45.4 Å². The first-order valence-electron chi connectivity index (χ1n) is 8.41. The molecule has 2 aromatic rings. The van der Waals surface area contributed by atoms with E-state index in [9.17, 15) is 0 Å². The average Bonchev–Trinajstić information content (AvgIpc) is 3.06. The molecule has 0 bridgehead atoms. The number of aromatic nitrogens is 2. The van der Waals surface area contributed by atoms with Gasteiger partial charge in [-0.3, -0.25) is 0 Å². The van der Waals surface area contributed by atoms with Gasteiger partial charge in [-0.1, -0.05) is 19.9 Å². The van der Waals surface area contributed by atoms with Gasteiger partial charge in [0.1, 0.15) is 5.82 Å². The highest BCUT2D eigenvalue weighted by Crippen LogP contribution is 2.37. The minimum absolute atomic E-state index is 0.336. The third-order valence-corrected chi connectivity index (χ3v) is 4.53. The number of fused-ring (bicyclic) bond motifs is 1. The maximum atomic E-state index is 5.51. The Morgan fingerprint density at radius 3 is 2.70 bits per heavy atom. The summed E-state index contributed by atoms with van der Waals surface area (Å²) in [6.07, 6.45) is 7.99. The van der Waals surface area contributed by atoms with Crippen LogP contribution in [0.15, 0.2) is 36.7 Å². The van der Waals surface area contributed by atoms with Gasteiger partial charge < -0.3 is 9.47 Å². The molecule has 0 saturated carbocycles. The summed E-state index contributed by atoms with van der Waals surface area (Å²) in [6, 6.07) is 8.21. The van der Waals surface area contributed by atoms with Gasteiger partial charge in [0.15, 0.2) is 11.5 Å². The van der Waals surface area contributed by atoms with Gasteiger partial charge in [0.2, 0.25) is 6.79 Å². The number of benzene rings is 1. The molecule has 1 aliphatic rings. The molecule has 2 atom stereocenters. The Hall–Kier alpha value is -2.10. The van der Waals surface area contributed by atoms with Crippen LogP contribution in [0.4, 0.5) is 0 Å². The molecule has 4 nitrogen and oxygen atoms in total. The van der Waals surface area contributed by atoms with E-state index < -0.39 is 0 Å². The van der Waals surface area contributed by atoms with Crippen molar-refractivity contribution >= 4 is 0 Å². The van der Waals surface area contributed by atoms with Gasteiger partial charge in [-0.2, -0.15) is 0 Å². The van der Waals surface area contributed by atoms with Crippen LogP contribution in [0.2, 0.25) is 0 Å². The van der Waals surface area contributed by atoms with Crippen molar-refractivity contribution in [3.63, 3.8) is 0 Å². The van der Waals surface area contributed by atoms with E-state index in [1.165, 1.54) is 12.0 Å². The number of hydrogen-bond acceptors (Lipinski definition) is 4. The standard InChI is InChI=1S/C19H24N2O2/c1-3-15(16-6-7-17-18(12-16)23-13-22-17)11-14(2)5-8-19-20-9-4-10-21-19/h4,6-7,9-10,12,14-15H,3,5,8,11,13H2,1-2H3. The average molecular weight is 312 g/mol. The molecule has 0 amide bonds. The minimum Gasteiger partial charge on any atom is -0.454 e. The third kappa shape index (κ3) is 4.01. The first kappa shape index (κ1) is 15.8. The number of aryl methyl sites for hydroxylation is 1. The molecule has 4 heteroatoms. The number of rotatable bonds is 7. The predicted octanol–water partition coefficient (Wildman–Crippen LogP) is 4.36. The summed E-state index contributed by atoms with van der Waals surface area (Å²) in [7, 11) is 0. The molecule has 2 unspecified atom stereocenters. The van der Waals surface area contributed by atoms with Gasteiger partial charge in [0.05, 0.1) is 0 Å². The molecule has 3 rings (SSSR count). The third-order valence-electron chi connectivity index (χ3n) is 4.53. The molecule has 2 heterocycles. The fraction of sp³-hybridized carbons (Fsp3) is 0.474. The molecule has 122 valence electrons. The maximum absolute atomic E-state index is 5.51. The molecule has 1 aromatic heterocycles. The van der Waals surface area contributed by atoms with E-state index in [1.807, 2.05) is 24.5 Å². The van der Waals surface area contributed by atoms with Crippen LogP contribution in [0.1, 0.15) is 50.4 Å². The van der Waals surface area contributed by atoms with E-state index in [0.717, 1.165) is 36.6 Å². The second-order valence-corrected chi connectivity index (χ2v) is 6.26. The molecular formula is C19H24N2O2. The van der Waals surface area contributed by atoms with Crippen molar-refractivity contribution in [3.05, 3.63) is 48.0 Å². The molecule has 0 fully saturated rings. The quantitative estimate of drug-likeness (QED) is 0.762. The van der Waals surface area contributed by atoms with Crippen LogP contribution in [0.3, 0.4) is 0 Å². The van der Waals surface area contributed by atoms with Crippen LogP contribution in [0.5, 0.6) is 11.5 Å². The van der Waals surface area contributed by atoms with Crippen molar-refractivity contribution in [1.82, 2.24) is 9.97 Å². The zero-order valence-corrected chi connectivity index (χ0v) is 13.9. The maximum Gasteiger partial charge on any atom is 0.231 e. The van der Waals surface area contributed by atoms with Crippen LogP contribution in [0.25, 0.3) is 0 Å². The fourth-order valence-electron chi connectivity index (χ4n) is 3.14. The van der Waals surface area contributed by atoms with E-state index in [4.69, 9.17) is 9.47 Å². The number of nitrogens with zero attached hydrogens (tertiary/aromatic N) is 2. The largest absolute Gasteiger partial charge is 0.454 e. The van der Waals surface area contributed by atoms with Crippen molar-refractivity contribution in [3.8, 4) is 11.5 Å². The van der Waals surface area contributed by atoms with Crippen LogP contribution in [-0.4, -0.2) is 16.8 Å². The summed E-state index contributed by atoms with van der Waals surface area (Å²) < 4.78 is 10.9. The molecule has 0 N–H and O–H groups in total. The van der Waals surface area contributed by atoms with Crippen molar-refractivity contribution in [2.75, 3.05) is 6.79 Å². The Morgan fingerprint density at radius 1 is 1.13 bits per heavy atom. The smallest absolute Gasteiger partial charge is 0.231 e. The van der Waals surface area contributed by atoms with Gasteiger partial charge in [0, 0.05) is 18.8 Å². The summed E-state index contributed by atoms with van der Waals surface area (Å²) in [4.78, 5) is 8.61. The molecule has 0 radical (unpaired) electrons. The molecule has 23 heavy (non-hydrogen) atoms. The van der Waals surface area contributed by atoms with Crippen molar-refractivity contribution in [1.29, 1.82) is 0 Å². The fourth-order valence-corrected chi connectivity index (χ4v) is 3.14. The highest BCUT2D eigenvalue weighted by molar-refractivity contribution is 5.45. The Kier molecular flexibility index (Phi) is 5.11. The Labute approximate surface area is 137 Å². The lowest BCUT2D eigenvalue weighted by atomic mass is 9.85. The zero-order chi connectivity index (χ0) is 16.1. The van der Waals surface area contributed by atoms with Crippen LogP contribution < -0.4 is 9.47 Å². The summed E-state index contributed by atoms with van der Waals surface area (Å²) in [5.41, 5.74) is 1.35. The molecule has 1 aliphatic heterocycles. The Bertz CT molecular complexity index is 631. The number of ether oxygens (including phenoxy) is 2. The first-order chi connectivity index (χ1) is 11.3. The normalized spacial score (nSPS) is 15.4. The van der Waals surface area contributed by atoms with Gasteiger partial charge in [0.25, 0.3) is 0 Å². The van der Waals surface area contributed by atoms with E-state index in [-0.39, 0.29) is 0 Å². The second-order valence-electron chi connectivity index (χ2n) is 6.26. The minimum atomic E-state index is 0.336. The van der Waals surface area contributed by atoms with Gasteiger partial charge in [-0.05, 0) is 54.9 Å². The topological polar surface area (TPSA) is 44.2 Å². The number of hydrogen-bond donors (Lipinski definition) is 0. The molecule has 0 saturated heterocycles. The zero-order valence-electron chi connectivity index (χ0n) is 13.9. The second kappa shape index (κ2) is 7.44. The lowest BCUT2D eigenvalue weighted by Crippen LogP contribution is -2.07. The van der Waals surface area contributed by atoms with Gasteiger partial charge in [-0.25, -0.2) is 9.97 Å². The summed E-state index contributed by atoms with van der Waals surface area (Å²) in [6.45, 7) is 4.91. The van der Waals surface area contributed by atoms with Crippen LogP contribution in [0, 0.1) is 5.92 Å². The van der Waals surface area contributed by atoms with E-state index in [0.29, 0.717) is 18.6 Å². The SMILES string of the molecule is CCC(CC(C)CCc1ncccn1)c1ccc2c(c1)OCO2. The van der Waals surface area contributed by atoms with Gasteiger partial charge in [-0.15, -0.1) is 0 Å². The lowest BCUT2D eigenvalue weighted by Gasteiger charge is -2.20. The summed E-state index contributed by atoms with van der Waals surface area (Å²) in [5.74, 6) is 3.87. The Balaban J connectivity index is 1.58.